The molecule has 0 unspecified atom stereocenters. The Labute approximate surface area is 284 Å². The summed E-state index contributed by atoms with van der Waals surface area (Å²) in [7, 11) is 1.53. The second-order valence-corrected chi connectivity index (χ2v) is 13.0. The SMILES string of the molecule is Br.CCCCCCCCCCCCCCCCCCOC(=O)N(C[C@@H](COCCCCN1C=CSC1)OC(=O)NC)C(C)C. The van der Waals surface area contributed by atoms with Gasteiger partial charge >= 0.3 is 12.2 Å². The molecule has 1 aliphatic rings. The lowest BCUT2D eigenvalue weighted by molar-refractivity contribution is -0.00366. The molecule has 1 atom stereocenters. The van der Waals surface area contributed by atoms with Gasteiger partial charge in [-0.3, -0.25) is 0 Å². The molecule has 1 rings (SSSR count). The first-order valence-electron chi connectivity index (χ1n) is 17.4. The van der Waals surface area contributed by atoms with Crippen LogP contribution in [0, 0.1) is 0 Å². The molecule has 2 amide bonds. The molecule has 10 heteroatoms. The van der Waals surface area contributed by atoms with Gasteiger partial charge in [0.15, 0.2) is 0 Å². The molecule has 1 N–H and O–H groups in total. The van der Waals surface area contributed by atoms with Crippen LogP contribution in [-0.2, 0) is 14.2 Å². The van der Waals surface area contributed by atoms with E-state index in [0.29, 0.717) is 13.2 Å². The zero-order chi connectivity index (χ0) is 31.4. The number of rotatable bonds is 28. The summed E-state index contributed by atoms with van der Waals surface area (Å²) in [5.74, 6) is 1.02. The highest BCUT2D eigenvalue weighted by atomic mass is 79.9. The fraction of sp³-hybridized carbons (Fsp3) is 0.882. The first-order chi connectivity index (χ1) is 21.0. The molecule has 0 spiro atoms. The third-order valence-electron chi connectivity index (χ3n) is 7.86. The number of halogens is 1. The Balaban J connectivity index is 0.0000185. The fourth-order valence-electron chi connectivity index (χ4n) is 5.13. The van der Waals surface area contributed by atoms with Gasteiger partial charge in [0, 0.05) is 32.4 Å². The van der Waals surface area contributed by atoms with Crippen LogP contribution in [0.25, 0.3) is 0 Å². The van der Waals surface area contributed by atoms with Gasteiger partial charge in [0.2, 0.25) is 0 Å². The molecule has 0 aromatic rings. The molecular weight excluding hydrogens is 642 g/mol. The Hall–Kier alpha value is -1.13. The second-order valence-electron chi connectivity index (χ2n) is 12.1. The summed E-state index contributed by atoms with van der Waals surface area (Å²) >= 11 is 1.80. The van der Waals surface area contributed by atoms with E-state index in [1.165, 1.54) is 96.9 Å². The molecule has 0 saturated heterocycles. The monoisotopic (exact) mass is 707 g/mol. The van der Waals surface area contributed by atoms with Crippen molar-refractivity contribution in [1.29, 1.82) is 0 Å². The number of alkyl carbamates (subject to hydrolysis) is 1. The van der Waals surface area contributed by atoms with Gasteiger partial charge in [-0.2, -0.15) is 0 Å². The molecule has 0 radical (unpaired) electrons. The molecular formula is C34H66BrN3O5S. The van der Waals surface area contributed by atoms with Crippen LogP contribution >= 0.6 is 28.7 Å². The van der Waals surface area contributed by atoms with Crippen molar-refractivity contribution >= 4 is 40.9 Å². The summed E-state index contributed by atoms with van der Waals surface area (Å²) in [4.78, 5) is 28.7. The van der Waals surface area contributed by atoms with E-state index in [9.17, 15) is 9.59 Å². The number of carbonyl (C=O) groups is 2. The van der Waals surface area contributed by atoms with Crippen molar-refractivity contribution in [2.75, 3.05) is 45.8 Å². The third kappa shape index (κ3) is 24.1. The summed E-state index contributed by atoms with van der Waals surface area (Å²) in [6.07, 6.45) is 23.6. The van der Waals surface area contributed by atoms with E-state index in [1.807, 2.05) is 13.8 Å². The summed E-state index contributed by atoms with van der Waals surface area (Å²) < 4.78 is 17.0. The van der Waals surface area contributed by atoms with Crippen LogP contribution in [0.3, 0.4) is 0 Å². The largest absolute Gasteiger partial charge is 0.449 e. The van der Waals surface area contributed by atoms with Crippen LogP contribution in [0.15, 0.2) is 11.6 Å². The van der Waals surface area contributed by atoms with Gasteiger partial charge in [0.1, 0.15) is 6.10 Å². The molecule has 0 aromatic heterocycles. The zero-order valence-electron chi connectivity index (χ0n) is 28.5. The molecule has 1 heterocycles. The quantitative estimate of drug-likeness (QED) is 0.0811. The molecule has 0 aromatic carbocycles. The molecule has 0 aliphatic carbocycles. The Morgan fingerprint density at radius 1 is 0.841 bits per heavy atom. The van der Waals surface area contributed by atoms with E-state index in [1.54, 1.807) is 16.7 Å². The number of hydrogen-bond acceptors (Lipinski definition) is 7. The van der Waals surface area contributed by atoms with Crippen LogP contribution in [0.1, 0.15) is 136 Å². The van der Waals surface area contributed by atoms with E-state index >= 15 is 0 Å². The van der Waals surface area contributed by atoms with Gasteiger partial charge in [-0.15, -0.1) is 28.7 Å². The summed E-state index contributed by atoms with van der Waals surface area (Å²) in [5, 5.41) is 4.61. The summed E-state index contributed by atoms with van der Waals surface area (Å²) in [6.45, 7) is 8.65. The molecule has 0 bridgehead atoms. The van der Waals surface area contributed by atoms with E-state index in [0.717, 1.165) is 38.1 Å². The molecule has 0 fully saturated rings. The van der Waals surface area contributed by atoms with Gasteiger partial charge in [-0.25, -0.2) is 9.59 Å². The maximum absolute atomic E-state index is 12.9. The average Bonchev–Trinajstić information content (AvgIpc) is 3.52. The lowest BCUT2D eigenvalue weighted by Crippen LogP contribution is -2.46. The van der Waals surface area contributed by atoms with Crippen molar-refractivity contribution in [1.82, 2.24) is 15.1 Å². The van der Waals surface area contributed by atoms with Crippen molar-refractivity contribution < 1.29 is 23.8 Å². The van der Waals surface area contributed by atoms with E-state index in [2.05, 4.69) is 28.7 Å². The minimum Gasteiger partial charge on any atom is -0.449 e. The van der Waals surface area contributed by atoms with E-state index in [-0.39, 0.29) is 42.3 Å². The van der Waals surface area contributed by atoms with Crippen molar-refractivity contribution in [2.24, 2.45) is 0 Å². The molecule has 8 nitrogen and oxygen atoms in total. The minimum atomic E-state index is -0.566. The minimum absolute atomic E-state index is 0. The van der Waals surface area contributed by atoms with Crippen LogP contribution in [0.4, 0.5) is 9.59 Å². The smallest absolute Gasteiger partial charge is 0.410 e. The van der Waals surface area contributed by atoms with Crippen molar-refractivity contribution in [2.45, 2.75) is 148 Å². The van der Waals surface area contributed by atoms with Crippen molar-refractivity contribution in [3.8, 4) is 0 Å². The Morgan fingerprint density at radius 3 is 1.89 bits per heavy atom. The number of carbonyl (C=O) groups excluding carboxylic acids is 2. The highest BCUT2D eigenvalue weighted by Gasteiger charge is 2.25. The topological polar surface area (TPSA) is 80.3 Å². The third-order valence-corrected chi connectivity index (χ3v) is 8.65. The number of unbranched alkanes of at least 4 members (excludes halogenated alkanes) is 16. The van der Waals surface area contributed by atoms with E-state index < -0.39 is 12.2 Å². The molecule has 44 heavy (non-hydrogen) atoms. The number of nitrogens with zero attached hydrogens (tertiary/aromatic N) is 2. The van der Waals surface area contributed by atoms with Crippen LogP contribution < -0.4 is 5.32 Å². The van der Waals surface area contributed by atoms with E-state index in [4.69, 9.17) is 14.2 Å². The van der Waals surface area contributed by atoms with Crippen LogP contribution in [0.2, 0.25) is 0 Å². The first kappa shape index (κ1) is 42.9. The van der Waals surface area contributed by atoms with Gasteiger partial charge in [0.25, 0.3) is 0 Å². The van der Waals surface area contributed by atoms with Crippen LogP contribution in [-0.4, -0.2) is 80.0 Å². The predicted molar refractivity (Wildman–Crippen MR) is 191 cm³/mol. The molecule has 260 valence electrons. The molecule has 1 aliphatic heterocycles. The Morgan fingerprint density at radius 2 is 1.39 bits per heavy atom. The second kappa shape index (κ2) is 30.5. The van der Waals surface area contributed by atoms with Gasteiger partial charge in [-0.1, -0.05) is 103 Å². The number of thioether (sulfide) groups is 1. The maximum Gasteiger partial charge on any atom is 0.410 e. The number of nitrogens with one attached hydrogen (secondary N) is 1. The number of ether oxygens (including phenoxy) is 3. The molecule has 0 saturated carbocycles. The van der Waals surface area contributed by atoms with Gasteiger partial charge in [-0.05, 0) is 38.5 Å². The standard InChI is InChI=1S/C34H65N3O5S.BrH/c1-5-6-7-8-9-10-11-12-13-14-15-16-17-18-19-21-26-41-34(39)37(31(2)3)28-32(42-33(38)35-4)29-40-25-22-20-23-36-24-27-43-30-36;/h24,27,31-32H,5-23,25-26,28-30H2,1-4H3,(H,35,38);1H/t32-;/m0./s1. The fourth-order valence-corrected chi connectivity index (χ4v) is 5.88. The lowest BCUT2D eigenvalue weighted by Gasteiger charge is -2.29. The highest BCUT2D eigenvalue weighted by molar-refractivity contribution is 8.93. The normalized spacial score (nSPS) is 13.2. The Kier molecular flexibility index (Phi) is 29.7. The van der Waals surface area contributed by atoms with Gasteiger partial charge in [0.05, 0.1) is 25.6 Å². The van der Waals surface area contributed by atoms with Crippen molar-refractivity contribution in [3.63, 3.8) is 0 Å². The van der Waals surface area contributed by atoms with Gasteiger partial charge < -0.3 is 29.3 Å². The van der Waals surface area contributed by atoms with Crippen LogP contribution in [0.5, 0.6) is 0 Å². The zero-order valence-corrected chi connectivity index (χ0v) is 31.1. The summed E-state index contributed by atoms with van der Waals surface area (Å²) in [6, 6.07) is -0.0829. The predicted octanol–water partition coefficient (Wildman–Crippen LogP) is 9.67. The van der Waals surface area contributed by atoms with Crippen molar-refractivity contribution in [3.05, 3.63) is 11.6 Å². The maximum atomic E-state index is 12.9. The number of hydrogen-bond donors (Lipinski definition) is 1. The highest BCUT2D eigenvalue weighted by Crippen LogP contribution is 2.16. The Bertz CT molecular complexity index is 716. The average molecular weight is 709 g/mol. The lowest BCUT2D eigenvalue weighted by atomic mass is 10.0. The summed E-state index contributed by atoms with van der Waals surface area (Å²) in [5.41, 5.74) is 0. The first-order valence-corrected chi connectivity index (χ1v) is 18.4. The number of amides is 2.